The normalized spacial score (nSPS) is 11.9. The quantitative estimate of drug-likeness (QED) is 0.407. The molecule has 6 nitrogen and oxygen atoms in total. The topological polar surface area (TPSA) is 95.9 Å². The van der Waals surface area contributed by atoms with Gasteiger partial charge >= 0.3 is 0 Å². The molecule has 0 radical (unpaired) electrons. The van der Waals surface area contributed by atoms with Crippen LogP contribution in [0.15, 0.2) is 82.7 Å². The number of para-hydroxylation sites is 1. The molecule has 0 unspecified atom stereocenters. The lowest BCUT2D eigenvalue weighted by molar-refractivity contribution is 0.480. The number of hydrogen-bond donors (Lipinski definition) is 2. The minimum absolute atomic E-state index is 0.0663. The van der Waals surface area contributed by atoms with Gasteiger partial charge < -0.3 is 10.1 Å². The van der Waals surface area contributed by atoms with Crippen molar-refractivity contribution in [1.82, 2.24) is 15.0 Å². The van der Waals surface area contributed by atoms with Crippen LogP contribution in [0.25, 0.3) is 21.9 Å². The lowest BCUT2D eigenvalue weighted by Crippen LogP contribution is -2.04. The first-order chi connectivity index (χ1) is 14.9. The molecule has 8 heteroatoms. The number of benzene rings is 3. The minimum atomic E-state index is -3.94. The third-order valence-corrected chi connectivity index (χ3v) is 7.34. The first-order valence-electron chi connectivity index (χ1n) is 9.48. The molecule has 0 aliphatic rings. The summed E-state index contributed by atoms with van der Waals surface area (Å²) in [5, 5.41) is 11.1. The number of sulfone groups is 1. The van der Waals surface area contributed by atoms with Crippen molar-refractivity contribution >= 4 is 43.4 Å². The summed E-state index contributed by atoms with van der Waals surface area (Å²) in [6.45, 7) is 0. The average molecular weight is 450 g/mol. The number of phenolic OH excluding ortho intramolecular Hbond substituents is 1. The zero-order valence-electron chi connectivity index (χ0n) is 16.1. The van der Waals surface area contributed by atoms with Crippen molar-refractivity contribution in [2.45, 2.75) is 16.2 Å². The van der Waals surface area contributed by atoms with Gasteiger partial charge in [-0.15, -0.1) is 0 Å². The molecule has 2 heterocycles. The summed E-state index contributed by atoms with van der Waals surface area (Å²) in [5.74, 6) is 0.539. The number of aromatic hydroxyl groups is 1. The second-order valence-corrected chi connectivity index (χ2v) is 9.38. The van der Waals surface area contributed by atoms with E-state index in [1.807, 2.05) is 18.2 Å². The van der Waals surface area contributed by atoms with E-state index >= 15 is 0 Å². The van der Waals surface area contributed by atoms with Crippen LogP contribution in [0.2, 0.25) is 5.02 Å². The van der Waals surface area contributed by atoms with E-state index in [-0.39, 0.29) is 21.1 Å². The van der Waals surface area contributed by atoms with Crippen LogP contribution >= 0.6 is 11.6 Å². The Hall–Kier alpha value is -3.42. The Morgan fingerprint density at radius 2 is 1.74 bits per heavy atom. The van der Waals surface area contributed by atoms with Crippen LogP contribution < -0.4 is 0 Å². The second kappa shape index (κ2) is 7.37. The molecule has 0 aliphatic carbocycles. The molecule has 5 aromatic rings. The lowest BCUT2D eigenvalue weighted by atomic mass is 10.1. The molecule has 31 heavy (non-hydrogen) atoms. The number of nitrogens with zero attached hydrogens (tertiary/aromatic N) is 2. The van der Waals surface area contributed by atoms with Gasteiger partial charge in [0.05, 0.1) is 15.3 Å². The standard InChI is InChI=1S/C23H16ClN3O3S/c24-16-7-2-1-5-14(16)13-21-26-17-8-3-9-20(23(17)27-21)31(29,30)19-11-10-18(28)22-15(19)6-4-12-25-22/h1-12,28H,13H2,(H,26,27). The summed E-state index contributed by atoms with van der Waals surface area (Å²) < 4.78 is 27.2. The van der Waals surface area contributed by atoms with Gasteiger partial charge in [0.1, 0.15) is 22.6 Å². The molecule has 2 aromatic heterocycles. The van der Waals surface area contributed by atoms with Crippen LogP contribution in [0.5, 0.6) is 5.75 Å². The number of aromatic amines is 1. The van der Waals surface area contributed by atoms with Crippen LogP contribution in [-0.4, -0.2) is 28.5 Å². The summed E-state index contributed by atoms with van der Waals surface area (Å²) in [5.41, 5.74) is 2.10. The summed E-state index contributed by atoms with van der Waals surface area (Å²) >= 11 is 6.26. The maximum absolute atomic E-state index is 13.6. The molecule has 0 atom stereocenters. The molecule has 5 rings (SSSR count). The van der Waals surface area contributed by atoms with Crippen LogP contribution in [-0.2, 0) is 16.3 Å². The second-order valence-electron chi connectivity index (χ2n) is 7.09. The van der Waals surface area contributed by atoms with E-state index in [0.717, 1.165) is 5.56 Å². The molecule has 0 spiro atoms. The first-order valence-corrected chi connectivity index (χ1v) is 11.3. The number of halogens is 1. The number of aromatic nitrogens is 3. The Morgan fingerprint density at radius 1 is 0.903 bits per heavy atom. The van der Waals surface area contributed by atoms with Crippen LogP contribution in [0, 0.1) is 0 Å². The van der Waals surface area contributed by atoms with Gasteiger partial charge in [-0.1, -0.05) is 35.9 Å². The zero-order valence-corrected chi connectivity index (χ0v) is 17.7. The molecule has 154 valence electrons. The van der Waals surface area contributed by atoms with E-state index in [1.54, 1.807) is 30.3 Å². The van der Waals surface area contributed by atoms with E-state index < -0.39 is 9.84 Å². The fourth-order valence-corrected chi connectivity index (χ4v) is 5.47. The largest absolute Gasteiger partial charge is 0.506 e. The Labute approximate surface area is 183 Å². The summed E-state index contributed by atoms with van der Waals surface area (Å²) in [4.78, 5) is 12.0. The molecular formula is C23H16ClN3O3S. The molecular weight excluding hydrogens is 434 g/mol. The van der Waals surface area contributed by atoms with Gasteiger partial charge in [-0.05, 0) is 48.0 Å². The molecule has 0 saturated carbocycles. The number of rotatable bonds is 4. The minimum Gasteiger partial charge on any atom is -0.506 e. The van der Waals surface area contributed by atoms with Gasteiger partial charge in [0.2, 0.25) is 9.84 Å². The first kappa shape index (κ1) is 19.5. The molecule has 0 aliphatic heterocycles. The predicted molar refractivity (Wildman–Crippen MR) is 119 cm³/mol. The van der Waals surface area contributed by atoms with Crippen molar-refractivity contribution in [2.24, 2.45) is 0 Å². The van der Waals surface area contributed by atoms with Gasteiger partial charge in [-0.3, -0.25) is 4.98 Å². The molecule has 0 bridgehead atoms. The highest BCUT2D eigenvalue weighted by molar-refractivity contribution is 7.92. The number of nitrogens with one attached hydrogen (secondary N) is 1. The van der Waals surface area contributed by atoms with E-state index in [4.69, 9.17) is 11.6 Å². The molecule has 2 N–H and O–H groups in total. The smallest absolute Gasteiger partial charge is 0.209 e. The van der Waals surface area contributed by atoms with Crippen molar-refractivity contribution in [3.05, 3.63) is 89.3 Å². The Balaban J connectivity index is 1.66. The summed E-state index contributed by atoms with van der Waals surface area (Å²) in [6.07, 6.45) is 1.95. The molecule has 0 fully saturated rings. The van der Waals surface area contributed by atoms with Gasteiger partial charge in [0.15, 0.2) is 0 Å². The fraction of sp³-hybridized carbons (Fsp3) is 0.0435. The van der Waals surface area contributed by atoms with Crippen molar-refractivity contribution in [3.63, 3.8) is 0 Å². The highest BCUT2D eigenvalue weighted by Gasteiger charge is 2.25. The highest BCUT2D eigenvalue weighted by Crippen LogP contribution is 2.34. The number of imidazole rings is 1. The Kier molecular flexibility index (Phi) is 4.64. The molecule has 3 aromatic carbocycles. The third kappa shape index (κ3) is 3.32. The number of phenols is 1. The predicted octanol–water partition coefficient (Wildman–Crippen LogP) is 4.89. The number of pyridine rings is 1. The maximum atomic E-state index is 13.6. The van der Waals surface area contributed by atoms with Gasteiger partial charge in [0.25, 0.3) is 0 Å². The SMILES string of the molecule is O=S(=O)(c1ccc(O)c2ncccc12)c1cccc2[nH]c(Cc3ccccc3Cl)nc12. The van der Waals surface area contributed by atoms with E-state index in [0.29, 0.717) is 33.7 Å². The lowest BCUT2D eigenvalue weighted by Gasteiger charge is -2.09. The van der Waals surface area contributed by atoms with Gasteiger partial charge in [-0.25, -0.2) is 13.4 Å². The average Bonchev–Trinajstić information content (AvgIpc) is 3.18. The van der Waals surface area contributed by atoms with Crippen molar-refractivity contribution < 1.29 is 13.5 Å². The highest BCUT2D eigenvalue weighted by atomic mass is 35.5. The zero-order chi connectivity index (χ0) is 21.6. The van der Waals surface area contributed by atoms with Crippen LogP contribution in [0.3, 0.4) is 0 Å². The number of H-pyrrole nitrogens is 1. The summed E-state index contributed by atoms with van der Waals surface area (Å²) in [7, 11) is -3.94. The van der Waals surface area contributed by atoms with E-state index in [1.165, 1.54) is 24.4 Å². The van der Waals surface area contributed by atoms with Crippen LogP contribution in [0.1, 0.15) is 11.4 Å². The van der Waals surface area contributed by atoms with Crippen LogP contribution in [0.4, 0.5) is 0 Å². The van der Waals surface area contributed by atoms with E-state index in [9.17, 15) is 13.5 Å². The monoisotopic (exact) mass is 449 g/mol. The van der Waals surface area contributed by atoms with E-state index in [2.05, 4.69) is 15.0 Å². The number of fused-ring (bicyclic) bond motifs is 2. The Bertz CT molecular complexity index is 1560. The van der Waals surface area contributed by atoms with Crippen molar-refractivity contribution in [1.29, 1.82) is 0 Å². The molecule has 0 amide bonds. The van der Waals surface area contributed by atoms with Gasteiger partial charge in [-0.2, -0.15) is 0 Å². The molecule has 0 saturated heterocycles. The van der Waals surface area contributed by atoms with Gasteiger partial charge in [0, 0.05) is 23.0 Å². The fourth-order valence-electron chi connectivity index (χ4n) is 3.66. The third-order valence-electron chi connectivity index (χ3n) is 5.13. The summed E-state index contributed by atoms with van der Waals surface area (Å²) in [6, 6.07) is 18.5. The number of hydrogen-bond acceptors (Lipinski definition) is 5. The maximum Gasteiger partial charge on any atom is 0.209 e. The van der Waals surface area contributed by atoms with Crippen molar-refractivity contribution in [3.8, 4) is 5.75 Å². The Morgan fingerprint density at radius 3 is 2.58 bits per heavy atom. The van der Waals surface area contributed by atoms with Crippen molar-refractivity contribution in [2.75, 3.05) is 0 Å².